The van der Waals surface area contributed by atoms with Crippen molar-refractivity contribution in [2.45, 2.75) is 24.9 Å². The molecule has 3 N–H and O–H groups in total. The smallest absolute Gasteiger partial charge is 0.437 e. The van der Waals surface area contributed by atoms with E-state index in [0.717, 1.165) is 5.56 Å². The Balaban J connectivity index is 1.80. The largest absolute Gasteiger partial charge is 0.459 e. The van der Waals surface area contributed by atoms with Crippen molar-refractivity contribution >= 4 is 11.8 Å². The van der Waals surface area contributed by atoms with Gasteiger partial charge >= 0.3 is 12.2 Å². The molecule has 0 bridgehead atoms. The van der Waals surface area contributed by atoms with E-state index in [1.54, 1.807) is 19.1 Å². The zero-order chi connectivity index (χ0) is 24.0. The summed E-state index contributed by atoms with van der Waals surface area (Å²) >= 11 is 0. The summed E-state index contributed by atoms with van der Waals surface area (Å²) in [6.45, 7) is 1.74. The van der Waals surface area contributed by atoms with Gasteiger partial charge in [0.15, 0.2) is 5.78 Å². The highest BCUT2D eigenvalue weighted by Gasteiger charge is 2.66. The van der Waals surface area contributed by atoms with Crippen LogP contribution in [0.3, 0.4) is 0 Å². The number of Topliss-reactive ketones (excluding diaryl/α,β-unsaturated/α-hetero) is 1. The van der Waals surface area contributed by atoms with Gasteiger partial charge in [0.1, 0.15) is 29.3 Å². The fourth-order valence-electron chi connectivity index (χ4n) is 3.76. The van der Waals surface area contributed by atoms with Gasteiger partial charge in [-0.25, -0.2) is 9.18 Å². The number of aliphatic hydroxyl groups is 1. The van der Waals surface area contributed by atoms with Crippen LogP contribution >= 0.6 is 0 Å². The van der Waals surface area contributed by atoms with Crippen LogP contribution in [0, 0.1) is 18.7 Å². The highest BCUT2D eigenvalue weighted by Crippen LogP contribution is 2.44. The minimum atomic E-state index is -5.37. The Labute approximate surface area is 185 Å². The van der Waals surface area contributed by atoms with Crippen LogP contribution < -0.4 is 10.6 Å². The zero-order valence-electron chi connectivity index (χ0n) is 17.1. The summed E-state index contributed by atoms with van der Waals surface area (Å²) in [5.41, 5.74) is -2.73. The summed E-state index contributed by atoms with van der Waals surface area (Å²) < 4.78 is 60.8. The maximum absolute atomic E-state index is 14.0. The maximum Gasteiger partial charge on any atom is 0.437 e. The molecule has 1 aliphatic rings. The number of ketones is 1. The average Bonchev–Trinajstić information content (AvgIpc) is 3.23. The first-order valence-electron chi connectivity index (χ1n) is 9.84. The topological polar surface area (TPSA) is 91.6 Å². The summed E-state index contributed by atoms with van der Waals surface area (Å²) in [6.07, 6.45) is -5.37. The lowest BCUT2D eigenvalue weighted by molar-refractivity contribution is -0.288. The molecule has 6 nitrogen and oxygen atoms in total. The van der Waals surface area contributed by atoms with Gasteiger partial charge in [0.2, 0.25) is 5.72 Å². The molecule has 1 fully saturated rings. The van der Waals surface area contributed by atoms with Crippen LogP contribution in [0.25, 0.3) is 11.3 Å². The highest BCUT2D eigenvalue weighted by atomic mass is 19.4. The van der Waals surface area contributed by atoms with Crippen molar-refractivity contribution in [2.24, 2.45) is 5.92 Å². The van der Waals surface area contributed by atoms with Crippen molar-refractivity contribution in [1.82, 2.24) is 10.6 Å². The summed E-state index contributed by atoms with van der Waals surface area (Å²) in [5.74, 6) is -3.75. The second-order valence-electron chi connectivity index (χ2n) is 7.76. The van der Waals surface area contributed by atoms with Crippen LogP contribution in [0.5, 0.6) is 0 Å². The molecule has 3 atom stereocenters. The molecule has 1 saturated heterocycles. The van der Waals surface area contributed by atoms with Crippen molar-refractivity contribution in [3.63, 3.8) is 0 Å². The third-order valence-electron chi connectivity index (χ3n) is 5.49. The second kappa shape index (κ2) is 8.04. The van der Waals surface area contributed by atoms with Gasteiger partial charge in [-0.2, -0.15) is 13.2 Å². The number of hydrogen-bond donors (Lipinski definition) is 3. The lowest BCUT2D eigenvalue weighted by Crippen LogP contribution is -2.72. The molecule has 4 rings (SSSR count). The van der Waals surface area contributed by atoms with Gasteiger partial charge in [-0.05, 0) is 43.3 Å². The van der Waals surface area contributed by atoms with E-state index in [1.165, 1.54) is 53.8 Å². The number of alkyl halides is 3. The Morgan fingerprint density at radius 1 is 1.03 bits per heavy atom. The normalized spacial score (nSPS) is 23.0. The molecular formula is C23H18F4N2O4. The SMILES string of the molecule is Cc1ccc(C(=O)C2C(c3ccc(-c4ccc(F)cc4)o3)NC(=O)NC2(O)C(F)(F)F)cc1. The van der Waals surface area contributed by atoms with E-state index in [1.807, 2.05) is 0 Å². The van der Waals surface area contributed by atoms with Crippen molar-refractivity contribution in [2.75, 3.05) is 0 Å². The third-order valence-corrected chi connectivity index (χ3v) is 5.49. The molecule has 2 aromatic carbocycles. The first kappa shape index (κ1) is 22.5. The molecule has 10 heteroatoms. The first-order valence-corrected chi connectivity index (χ1v) is 9.84. The number of benzene rings is 2. The number of halogens is 4. The Kier molecular flexibility index (Phi) is 5.49. The lowest BCUT2D eigenvalue weighted by atomic mass is 9.79. The number of hydrogen-bond acceptors (Lipinski definition) is 4. The van der Waals surface area contributed by atoms with Crippen molar-refractivity contribution < 1.29 is 36.7 Å². The maximum atomic E-state index is 14.0. The zero-order valence-corrected chi connectivity index (χ0v) is 17.1. The monoisotopic (exact) mass is 462 g/mol. The van der Waals surface area contributed by atoms with E-state index in [2.05, 4.69) is 5.32 Å². The molecule has 2 amide bonds. The number of furan rings is 1. The van der Waals surface area contributed by atoms with Gasteiger partial charge in [-0.1, -0.05) is 29.8 Å². The molecule has 3 unspecified atom stereocenters. The van der Waals surface area contributed by atoms with Crippen LogP contribution in [0.15, 0.2) is 65.1 Å². The quantitative estimate of drug-likeness (QED) is 0.393. The Morgan fingerprint density at radius 3 is 2.27 bits per heavy atom. The summed E-state index contributed by atoms with van der Waals surface area (Å²) in [6, 6.07) is 10.7. The fraction of sp³-hybridized carbons (Fsp3) is 0.217. The van der Waals surface area contributed by atoms with Gasteiger partial charge in [-0.3, -0.25) is 4.79 Å². The van der Waals surface area contributed by atoms with Crippen molar-refractivity contribution in [1.29, 1.82) is 0 Å². The number of aryl methyl sites for hydroxylation is 1. The molecule has 3 aromatic rings. The van der Waals surface area contributed by atoms with Gasteiger partial charge in [-0.15, -0.1) is 0 Å². The first-order chi connectivity index (χ1) is 15.5. The number of nitrogens with one attached hydrogen (secondary N) is 2. The van der Waals surface area contributed by atoms with Gasteiger partial charge < -0.3 is 20.2 Å². The fourth-order valence-corrected chi connectivity index (χ4v) is 3.76. The van der Waals surface area contributed by atoms with Crippen LogP contribution in [0.4, 0.5) is 22.4 Å². The van der Waals surface area contributed by atoms with E-state index in [9.17, 15) is 32.3 Å². The Hall–Kier alpha value is -3.66. The molecule has 0 spiro atoms. The summed E-state index contributed by atoms with van der Waals surface area (Å²) in [5, 5.41) is 14.3. The van der Waals surface area contributed by atoms with Crippen molar-refractivity contribution in [3.8, 4) is 11.3 Å². The van der Waals surface area contributed by atoms with Gasteiger partial charge in [0, 0.05) is 11.1 Å². The Bertz CT molecular complexity index is 1190. The summed E-state index contributed by atoms with van der Waals surface area (Å²) in [7, 11) is 0. The van der Waals surface area contributed by atoms with E-state index in [4.69, 9.17) is 4.42 Å². The van der Waals surface area contributed by atoms with E-state index in [-0.39, 0.29) is 17.1 Å². The molecule has 0 radical (unpaired) electrons. The highest BCUT2D eigenvalue weighted by molar-refractivity contribution is 6.00. The molecule has 2 heterocycles. The second-order valence-corrected chi connectivity index (χ2v) is 7.76. The predicted octanol–water partition coefficient (Wildman–Crippen LogP) is 4.50. The minimum Gasteiger partial charge on any atom is -0.459 e. The Morgan fingerprint density at radius 2 is 1.67 bits per heavy atom. The van der Waals surface area contributed by atoms with E-state index < -0.39 is 41.5 Å². The molecule has 33 heavy (non-hydrogen) atoms. The summed E-state index contributed by atoms with van der Waals surface area (Å²) in [4.78, 5) is 25.3. The average molecular weight is 462 g/mol. The molecule has 1 aliphatic heterocycles. The standard InChI is InChI=1S/C23H18F4N2O4/c1-12-2-4-14(5-3-12)20(30)18-19(28-21(31)29-22(18,32)23(25,26)27)17-11-10-16(33-17)13-6-8-15(24)9-7-13/h2-11,18-19,32H,1H3,(H2,28,29,31). The van der Waals surface area contributed by atoms with Crippen molar-refractivity contribution in [3.05, 3.63) is 83.4 Å². The van der Waals surface area contributed by atoms with Crippen LogP contribution in [0.2, 0.25) is 0 Å². The van der Waals surface area contributed by atoms with E-state index in [0.29, 0.717) is 5.56 Å². The number of rotatable bonds is 4. The lowest BCUT2D eigenvalue weighted by Gasteiger charge is -2.44. The van der Waals surface area contributed by atoms with E-state index >= 15 is 0 Å². The number of urea groups is 1. The molecule has 172 valence electrons. The predicted molar refractivity (Wildman–Crippen MR) is 109 cm³/mol. The third kappa shape index (κ3) is 4.09. The molecule has 0 aliphatic carbocycles. The van der Waals surface area contributed by atoms with Crippen LogP contribution in [0.1, 0.15) is 27.7 Å². The van der Waals surface area contributed by atoms with Crippen LogP contribution in [-0.2, 0) is 0 Å². The molecule has 0 saturated carbocycles. The van der Waals surface area contributed by atoms with Crippen LogP contribution in [-0.4, -0.2) is 28.8 Å². The molecule has 1 aromatic heterocycles. The van der Waals surface area contributed by atoms with Gasteiger partial charge in [0.25, 0.3) is 0 Å². The number of carbonyl (C=O) groups is 2. The van der Waals surface area contributed by atoms with Gasteiger partial charge in [0.05, 0.1) is 0 Å². The number of carbonyl (C=O) groups excluding carboxylic acids is 2. The minimum absolute atomic E-state index is 0.0819. The number of amides is 2. The molecular weight excluding hydrogens is 444 g/mol.